The summed E-state index contributed by atoms with van der Waals surface area (Å²) < 4.78 is 6.54. The molecule has 4 heteroatoms. The van der Waals surface area contributed by atoms with Crippen molar-refractivity contribution in [1.82, 2.24) is 0 Å². The minimum Gasteiger partial charge on any atom is -0.496 e. The van der Waals surface area contributed by atoms with Crippen molar-refractivity contribution in [3.8, 4) is 5.75 Å². The topological polar surface area (TPSA) is 9.23 Å². The monoisotopic (exact) mass is 406 g/mol. The van der Waals surface area contributed by atoms with E-state index in [1.165, 1.54) is 9.13 Å². The van der Waals surface area contributed by atoms with Crippen molar-refractivity contribution in [2.45, 2.75) is 12.3 Å². The summed E-state index contributed by atoms with van der Waals surface area (Å²) in [6.45, 7) is 2.07. The van der Waals surface area contributed by atoms with E-state index in [2.05, 4.69) is 35.6 Å². The molecule has 1 nitrogen and oxygen atoms in total. The molecule has 0 spiro atoms. The van der Waals surface area contributed by atoms with Gasteiger partial charge < -0.3 is 4.74 Å². The van der Waals surface area contributed by atoms with Crippen molar-refractivity contribution in [2.24, 2.45) is 0 Å². The van der Waals surface area contributed by atoms with Crippen LogP contribution < -0.4 is 4.74 Å². The Hall–Kier alpha value is -0.450. The van der Waals surface area contributed by atoms with Crippen LogP contribution in [0, 0.1) is 10.5 Å². The van der Waals surface area contributed by atoms with Crippen molar-refractivity contribution in [2.75, 3.05) is 7.11 Å². The van der Waals surface area contributed by atoms with Crippen LogP contribution in [0.4, 0.5) is 0 Å². The molecule has 100 valence electrons. The zero-order chi connectivity index (χ0) is 14.0. The normalized spacial score (nSPS) is 12.3. The smallest absolute Gasteiger partial charge is 0.123 e. The first kappa shape index (κ1) is 14.9. The van der Waals surface area contributed by atoms with Crippen molar-refractivity contribution in [1.29, 1.82) is 0 Å². The Labute approximate surface area is 137 Å². The van der Waals surface area contributed by atoms with Gasteiger partial charge in [0.15, 0.2) is 0 Å². The molecule has 1 atom stereocenters. The highest BCUT2D eigenvalue weighted by molar-refractivity contribution is 14.1. The summed E-state index contributed by atoms with van der Waals surface area (Å²) in [5.41, 5.74) is 3.17. The second-order valence-electron chi connectivity index (χ2n) is 4.23. The third kappa shape index (κ3) is 3.18. The summed E-state index contributed by atoms with van der Waals surface area (Å²) >= 11 is 15.0. The molecule has 2 aromatic rings. The highest BCUT2D eigenvalue weighted by atomic mass is 127. The molecule has 0 heterocycles. The Morgan fingerprint density at radius 3 is 2.58 bits per heavy atom. The van der Waals surface area contributed by atoms with Crippen LogP contribution in [0.5, 0.6) is 5.75 Å². The van der Waals surface area contributed by atoms with E-state index in [0.717, 1.165) is 16.9 Å². The maximum absolute atomic E-state index is 6.62. The van der Waals surface area contributed by atoms with Gasteiger partial charge in [0.05, 0.1) is 12.5 Å². The molecular weight excluding hydrogens is 394 g/mol. The fourth-order valence-electron chi connectivity index (χ4n) is 1.94. The lowest BCUT2D eigenvalue weighted by Gasteiger charge is -2.17. The van der Waals surface area contributed by atoms with Gasteiger partial charge in [-0.1, -0.05) is 29.8 Å². The van der Waals surface area contributed by atoms with Crippen molar-refractivity contribution in [3.05, 3.63) is 61.7 Å². The molecule has 0 aromatic heterocycles. The number of aryl methyl sites for hydroxylation is 1. The van der Waals surface area contributed by atoms with Crippen LogP contribution in [0.25, 0.3) is 0 Å². The molecule has 2 aromatic carbocycles. The number of benzene rings is 2. The van der Waals surface area contributed by atoms with Gasteiger partial charge in [0, 0.05) is 14.2 Å². The van der Waals surface area contributed by atoms with Gasteiger partial charge in [-0.2, -0.15) is 0 Å². The first-order chi connectivity index (χ1) is 9.04. The third-order valence-corrected chi connectivity index (χ3v) is 5.14. The van der Waals surface area contributed by atoms with Gasteiger partial charge in [-0.15, -0.1) is 11.6 Å². The highest BCUT2D eigenvalue weighted by Crippen LogP contribution is 2.38. The third-order valence-electron chi connectivity index (χ3n) is 2.96. The highest BCUT2D eigenvalue weighted by Gasteiger charge is 2.19. The van der Waals surface area contributed by atoms with Crippen LogP contribution in [0.3, 0.4) is 0 Å². The van der Waals surface area contributed by atoms with Gasteiger partial charge in [-0.25, -0.2) is 0 Å². The second kappa shape index (κ2) is 6.33. The van der Waals surface area contributed by atoms with Gasteiger partial charge in [-0.3, -0.25) is 0 Å². The Morgan fingerprint density at radius 1 is 1.16 bits per heavy atom. The van der Waals surface area contributed by atoms with Gasteiger partial charge in [0.1, 0.15) is 5.75 Å². The average Bonchev–Trinajstić information content (AvgIpc) is 2.41. The summed E-state index contributed by atoms with van der Waals surface area (Å²) in [6, 6.07) is 11.6. The molecule has 0 saturated carbocycles. The Balaban J connectivity index is 2.52. The minimum absolute atomic E-state index is 0.277. The number of hydrogen-bond acceptors (Lipinski definition) is 1. The SMILES string of the molecule is COc1ccc(Cl)cc1C(Cl)c1cccc(C)c1I. The van der Waals surface area contributed by atoms with Gasteiger partial charge in [0.25, 0.3) is 0 Å². The quantitative estimate of drug-likeness (QED) is 0.476. The summed E-state index contributed by atoms with van der Waals surface area (Å²) in [7, 11) is 1.64. The molecule has 0 aliphatic heterocycles. The van der Waals surface area contributed by atoms with Crippen molar-refractivity contribution in [3.63, 3.8) is 0 Å². The van der Waals surface area contributed by atoms with E-state index in [1.54, 1.807) is 13.2 Å². The van der Waals surface area contributed by atoms with E-state index >= 15 is 0 Å². The zero-order valence-corrected chi connectivity index (χ0v) is 14.3. The van der Waals surface area contributed by atoms with E-state index in [0.29, 0.717) is 5.02 Å². The van der Waals surface area contributed by atoms with Crippen molar-refractivity contribution >= 4 is 45.8 Å². The lowest BCUT2D eigenvalue weighted by molar-refractivity contribution is 0.410. The number of alkyl halides is 1. The number of rotatable bonds is 3. The number of halogens is 3. The molecule has 0 saturated heterocycles. The van der Waals surface area contributed by atoms with Crippen molar-refractivity contribution < 1.29 is 4.74 Å². The average molecular weight is 407 g/mol. The molecule has 0 N–H and O–H groups in total. The summed E-state index contributed by atoms with van der Waals surface area (Å²) in [4.78, 5) is 0. The summed E-state index contributed by atoms with van der Waals surface area (Å²) in [5.74, 6) is 0.752. The fraction of sp³-hybridized carbons (Fsp3) is 0.200. The van der Waals surface area contributed by atoms with E-state index in [9.17, 15) is 0 Å². The molecule has 0 fully saturated rings. The first-order valence-corrected chi connectivity index (χ1v) is 7.66. The molecule has 0 amide bonds. The van der Waals surface area contributed by atoms with E-state index < -0.39 is 0 Å². The second-order valence-corrected chi connectivity index (χ2v) is 6.18. The molecule has 1 unspecified atom stereocenters. The van der Waals surface area contributed by atoms with Crippen LogP contribution in [-0.2, 0) is 0 Å². The molecule has 0 aliphatic carbocycles. The largest absolute Gasteiger partial charge is 0.496 e. The number of methoxy groups -OCH3 is 1. The molecule has 0 aliphatic rings. The van der Waals surface area contributed by atoms with Crippen LogP contribution in [0.15, 0.2) is 36.4 Å². The van der Waals surface area contributed by atoms with E-state index in [4.69, 9.17) is 27.9 Å². The maximum atomic E-state index is 6.62. The maximum Gasteiger partial charge on any atom is 0.123 e. The van der Waals surface area contributed by atoms with Crippen LogP contribution >= 0.6 is 45.8 Å². The first-order valence-electron chi connectivity index (χ1n) is 5.77. The Kier molecular flexibility index (Phi) is 4.98. The van der Waals surface area contributed by atoms with E-state index in [1.807, 2.05) is 24.3 Å². The molecule has 0 bridgehead atoms. The lowest BCUT2D eigenvalue weighted by atomic mass is 10.0. The molecular formula is C15H13Cl2IO. The van der Waals surface area contributed by atoms with Crippen LogP contribution in [0.2, 0.25) is 5.02 Å². The molecule has 0 radical (unpaired) electrons. The zero-order valence-electron chi connectivity index (χ0n) is 10.6. The minimum atomic E-state index is -0.277. The molecule has 2 rings (SSSR count). The van der Waals surface area contributed by atoms with E-state index in [-0.39, 0.29) is 5.38 Å². The fourth-order valence-corrected chi connectivity index (χ4v) is 3.32. The Bertz CT molecular complexity index is 599. The van der Waals surface area contributed by atoms with Gasteiger partial charge in [-0.05, 0) is 58.8 Å². The predicted octanol–water partition coefficient (Wildman–Crippen LogP) is 5.59. The molecule has 19 heavy (non-hydrogen) atoms. The standard InChI is InChI=1S/C15H13Cl2IO/c1-9-4-3-5-11(15(9)18)14(17)12-8-10(16)6-7-13(12)19-2/h3-8,14H,1-2H3. The summed E-state index contributed by atoms with van der Waals surface area (Å²) in [5, 5.41) is 0.379. The van der Waals surface area contributed by atoms with Crippen LogP contribution in [-0.4, -0.2) is 7.11 Å². The number of ether oxygens (including phenoxy) is 1. The predicted molar refractivity (Wildman–Crippen MR) is 89.6 cm³/mol. The lowest BCUT2D eigenvalue weighted by Crippen LogP contribution is -2.00. The Morgan fingerprint density at radius 2 is 1.89 bits per heavy atom. The number of hydrogen-bond donors (Lipinski definition) is 0. The van der Waals surface area contributed by atoms with Crippen LogP contribution in [0.1, 0.15) is 22.1 Å². The van der Waals surface area contributed by atoms with Gasteiger partial charge in [0.2, 0.25) is 0 Å². The summed E-state index contributed by atoms with van der Waals surface area (Å²) in [6.07, 6.45) is 0. The van der Waals surface area contributed by atoms with Gasteiger partial charge >= 0.3 is 0 Å².